The van der Waals surface area contributed by atoms with Crippen LogP contribution < -0.4 is 19.7 Å². The van der Waals surface area contributed by atoms with Gasteiger partial charge in [0.1, 0.15) is 5.70 Å². The maximum Gasteiger partial charge on any atom is 0.344 e. The van der Waals surface area contributed by atoms with E-state index in [-0.39, 0.29) is 18.9 Å². The van der Waals surface area contributed by atoms with Crippen molar-refractivity contribution in [1.29, 1.82) is 0 Å². The fourth-order valence-electron chi connectivity index (χ4n) is 2.85. The van der Waals surface area contributed by atoms with Crippen LogP contribution in [0, 0.1) is 0 Å². The number of methoxy groups -OCH3 is 1. The van der Waals surface area contributed by atoms with Gasteiger partial charge in [0.25, 0.3) is 5.91 Å². The highest BCUT2D eigenvalue weighted by Crippen LogP contribution is 2.37. The summed E-state index contributed by atoms with van der Waals surface area (Å²) in [7, 11) is 1.44. The summed E-state index contributed by atoms with van der Waals surface area (Å²) in [6.07, 6.45) is 1.51. The molecule has 1 aliphatic heterocycles. The van der Waals surface area contributed by atoms with Crippen LogP contribution in [-0.2, 0) is 14.3 Å². The van der Waals surface area contributed by atoms with Gasteiger partial charge in [-0.3, -0.25) is 4.79 Å². The van der Waals surface area contributed by atoms with Gasteiger partial charge >= 0.3 is 12.0 Å². The average Bonchev–Trinajstić information content (AvgIpc) is 3.00. The number of hydrogen-bond donors (Lipinski definition) is 1. The molecule has 1 heterocycles. The summed E-state index contributed by atoms with van der Waals surface area (Å²) in [4.78, 5) is 37.7. The largest absolute Gasteiger partial charge is 0.493 e. The Morgan fingerprint density at radius 1 is 1.26 bits per heavy atom. The number of urea groups is 1. The second kappa shape index (κ2) is 9.84. The number of carbonyl (C=O) groups excluding carboxylic acids is 3. The number of anilines is 1. The molecular formula is C21H18BrClN2O6. The summed E-state index contributed by atoms with van der Waals surface area (Å²) in [6.45, 7) is 1.67. The molecule has 0 bridgehead atoms. The van der Waals surface area contributed by atoms with Crippen molar-refractivity contribution in [1.82, 2.24) is 5.32 Å². The Morgan fingerprint density at radius 3 is 2.71 bits per heavy atom. The van der Waals surface area contributed by atoms with Gasteiger partial charge in [-0.1, -0.05) is 17.7 Å². The molecule has 10 heteroatoms. The van der Waals surface area contributed by atoms with E-state index in [1.807, 2.05) is 0 Å². The van der Waals surface area contributed by atoms with E-state index >= 15 is 0 Å². The van der Waals surface area contributed by atoms with Crippen molar-refractivity contribution < 1.29 is 28.6 Å². The molecule has 2 aromatic rings. The first-order valence-corrected chi connectivity index (χ1v) is 10.3. The molecule has 0 atom stereocenters. The predicted molar refractivity (Wildman–Crippen MR) is 118 cm³/mol. The van der Waals surface area contributed by atoms with Gasteiger partial charge in [-0.25, -0.2) is 14.5 Å². The summed E-state index contributed by atoms with van der Waals surface area (Å²) >= 11 is 9.35. The van der Waals surface area contributed by atoms with Crippen molar-refractivity contribution >= 4 is 57.2 Å². The monoisotopic (exact) mass is 508 g/mol. The molecule has 0 unspecified atom stereocenters. The average molecular weight is 510 g/mol. The number of amides is 3. The van der Waals surface area contributed by atoms with E-state index in [2.05, 4.69) is 21.2 Å². The maximum absolute atomic E-state index is 12.8. The van der Waals surface area contributed by atoms with Crippen LogP contribution in [0.4, 0.5) is 10.5 Å². The highest BCUT2D eigenvalue weighted by molar-refractivity contribution is 9.10. The molecule has 0 saturated carbocycles. The van der Waals surface area contributed by atoms with E-state index in [0.29, 0.717) is 32.2 Å². The fraction of sp³-hybridized carbons (Fsp3) is 0.190. The summed E-state index contributed by atoms with van der Waals surface area (Å²) in [5.41, 5.74) is 1.00. The molecule has 8 nitrogen and oxygen atoms in total. The maximum atomic E-state index is 12.8. The van der Waals surface area contributed by atoms with Crippen LogP contribution >= 0.6 is 27.5 Å². The number of esters is 1. The van der Waals surface area contributed by atoms with Gasteiger partial charge in [0.2, 0.25) is 0 Å². The lowest BCUT2D eigenvalue weighted by atomic mass is 10.1. The highest BCUT2D eigenvalue weighted by Gasteiger charge is 2.35. The first kappa shape index (κ1) is 22.6. The van der Waals surface area contributed by atoms with Crippen LogP contribution in [0.25, 0.3) is 6.08 Å². The van der Waals surface area contributed by atoms with Crippen LogP contribution in [0.3, 0.4) is 0 Å². The number of nitrogens with one attached hydrogen (secondary N) is 1. The number of rotatable bonds is 7. The molecule has 1 fully saturated rings. The molecule has 162 valence electrons. The van der Waals surface area contributed by atoms with E-state index in [9.17, 15) is 14.4 Å². The Hall–Kier alpha value is -3.04. The van der Waals surface area contributed by atoms with Crippen molar-refractivity contribution in [3.05, 3.63) is 57.2 Å². The molecule has 1 aliphatic rings. The number of nitrogens with zero attached hydrogens (tertiary/aromatic N) is 1. The van der Waals surface area contributed by atoms with Gasteiger partial charge in [0.15, 0.2) is 18.1 Å². The summed E-state index contributed by atoms with van der Waals surface area (Å²) in [6, 6.07) is 9.13. The van der Waals surface area contributed by atoms with Crippen LogP contribution in [0.15, 0.2) is 46.6 Å². The van der Waals surface area contributed by atoms with Crippen molar-refractivity contribution in [3.8, 4) is 11.5 Å². The van der Waals surface area contributed by atoms with Crippen molar-refractivity contribution in [2.24, 2.45) is 0 Å². The zero-order valence-electron chi connectivity index (χ0n) is 16.6. The zero-order chi connectivity index (χ0) is 22.5. The third-order valence-corrected chi connectivity index (χ3v) is 4.97. The van der Waals surface area contributed by atoms with Crippen molar-refractivity contribution in [2.45, 2.75) is 6.92 Å². The number of hydrogen-bond acceptors (Lipinski definition) is 6. The fourth-order valence-corrected chi connectivity index (χ4v) is 3.61. The molecular weight excluding hydrogens is 492 g/mol. The SMILES string of the molecule is CCOC(=O)COc1c(Br)cc(/C=C2/NC(=O)N(c3cccc(Cl)c3)C2=O)cc1OC. The van der Waals surface area contributed by atoms with Gasteiger partial charge in [0.05, 0.1) is 23.9 Å². The molecule has 0 spiro atoms. The lowest BCUT2D eigenvalue weighted by Gasteiger charge is -2.13. The summed E-state index contributed by atoms with van der Waals surface area (Å²) in [5, 5.41) is 2.96. The molecule has 1 N–H and O–H groups in total. The highest BCUT2D eigenvalue weighted by atomic mass is 79.9. The van der Waals surface area contributed by atoms with Gasteiger partial charge in [0, 0.05) is 5.02 Å². The molecule has 0 aromatic heterocycles. The molecule has 3 rings (SSSR count). The summed E-state index contributed by atoms with van der Waals surface area (Å²) < 4.78 is 16.2. The number of carbonyl (C=O) groups is 3. The second-order valence-electron chi connectivity index (χ2n) is 6.24. The quantitative estimate of drug-likeness (QED) is 0.342. The lowest BCUT2D eigenvalue weighted by molar-refractivity contribution is -0.145. The van der Waals surface area contributed by atoms with Crippen LogP contribution in [0.2, 0.25) is 5.02 Å². The minimum Gasteiger partial charge on any atom is -0.493 e. The van der Waals surface area contributed by atoms with Gasteiger partial charge in [-0.05, 0) is 64.8 Å². The first-order chi connectivity index (χ1) is 14.8. The molecule has 0 aliphatic carbocycles. The van der Waals surface area contributed by atoms with Crippen LogP contribution in [0.5, 0.6) is 11.5 Å². The van der Waals surface area contributed by atoms with Crippen molar-refractivity contribution in [2.75, 3.05) is 25.2 Å². The lowest BCUT2D eigenvalue weighted by Crippen LogP contribution is -2.30. The number of ether oxygens (including phenoxy) is 3. The first-order valence-electron chi connectivity index (χ1n) is 9.12. The van der Waals surface area contributed by atoms with Gasteiger partial charge in [-0.2, -0.15) is 0 Å². The molecule has 3 amide bonds. The Labute approximate surface area is 191 Å². The minimum absolute atomic E-state index is 0.0825. The van der Waals surface area contributed by atoms with E-state index < -0.39 is 17.9 Å². The number of halogens is 2. The molecule has 1 saturated heterocycles. The smallest absolute Gasteiger partial charge is 0.344 e. The Morgan fingerprint density at radius 2 is 2.03 bits per heavy atom. The van der Waals surface area contributed by atoms with E-state index in [0.717, 1.165) is 4.90 Å². The standard InChI is InChI=1S/C21H18BrClN2O6/c1-3-30-18(26)11-31-19-15(22)7-12(9-17(19)29-2)8-16-20(27)25(21(28)24-16)14-6-4-5-13(23)10-14/h4-10H,3,11H2,1-2H3,(H,24,28)/b16-8+. The zero-order valence-corrected chi connectivity index (χ0v) is 19.0. The molecule has 0 radical (unpaired) electrons. The van der Waals surface area contributed by atoms with E-state index in [1.54, 1.807) is 37.3 Å². The van der Waals surface area contributed by atoms with Crippen molar-refractivity contribution in [3.63, 3.8) is 0 Å². The topological polar surface area (TPSA) is 94.2 Å². The van der Waals surface area contributed by atoms with E-state index in [4.69, 9.17) is 25.8 Å². The Balaban J connectivity index is 1.86. The van der Waals surface area contributed by atoms with Crippen LogP contribution in [0.1, 0.15) is 12.5 Å². The second-order valence-corrected chi connectivity index (χ2v) is 7.53. The van der Waals surface area contributed by atoms with Gasteiger partial charge < -0.3 is 19.5 Å². The normalized spacial score (nSPS) is 14.6. The predicted octanol–water partition coefficient (Wildman–Crippen LogP) is 4.15. The Bertz CT molecular complexity index is 1070. The summed E-state index contributed by atoms with van der Waals surface area (Å²) in [5.74, 6) is -0.401. The van der Waals surface area contributed by atoms with E-state index in [1.165, 1.54) is 19.3 Å². The third kappa shape index (κ3) is 5.18. The minimum atomic E-state index is -0.584. The molecule has 2 aromatic carbocycles. The molecule has 31 heavy (non-hydrogen) atoms. The van der Waals surface area contributed by atoms with Crippen LogP contribution in [-0.4, -0.2) is 38.2 Å². The number of benzene rings is 2. The van der Waals surface area contributed by atoms with Gasteiger partial charge in [-0.15, -0.1) is 0 Å². The number of imide groups is 1. The Kier molecular flexibility index (Phi) is 7.19. The third-order valence-electron chi connectivity index (χ3n) is 4.15.